The van der Waals surface area contributed by atoms with Gasteiger partial charge >= 0.3 is 6.18 Å². The summed E-state index contributed by atoms with van der Waals surface area (Å²) in [5.74, 6) is -1.60. The lowest BCUT2D eigenvalue weighted by molar-refractivity contribution is -0.141. The van der Waals surface area contributed by atoms with Crippen LogP contribution in [0.5, 0.6) is 0 Å². The number of nitrogens with one attached hydrogen (secondary N) is 2. The van der Waals surface area contributed by atoms with Crippen molar-refractivity contribution >= 4 is 40.0 Å². The number of hydrogen-bond donors (Lipinski definition) is 2. The number of aromatic nitrogens is 6. The summed E-state index contributed by atoms with van der Waals surface area (Å²) in [6.07, 6.45) is 2.41. The van der Waals surface area contributed by atoms with Crippen LogP contribution in [0, 0.1) is 26.2 Å². The number of amides is 2. The van der Waals surface area contributed by atoms with E-state index in [2.05, 4.69) is 25.7 Å². The molecule has 5 heterocycles. The lowest BCUT2D eigenvalue weighted by Gasteiger charge is -2.22. The van der Waals surface area contributed by atoms with Crippen molar-refractivity contribution in [3.63, 3.8) is 0 Å². The largest absolute Gasteiger partial charge is 0.433 e. The molecule has 0 spiro atoms. The molecule has 2 amide bonds. The van der Waals surface area contributed by atoms with Gasteiger partial charge in [-0.15, -0.1) is 0 Å². The van der Waals surface area contributed by atoms with E-state index in [1.54, 1.807) is 34.5 Å². The number of pyridine rings is 2. The van der Waals surface area contributed by atoms with Crippen molar-refractivity contribution in [3.05, 3.63) is 71.1 Å². The Balaban J connectivity index is 1.27. The maximum absolute atomic E-state index is 13.5. The summed E-state index contributed by atoms with van der Waals surface area (Å²) in [4.78, 5) is 52.4. The first-order valence-electron chi connectivity index (χ1n) is 15.1. The van der Waals surface area contributed by atoms with Gasteiger partial charge in [-0.3, -0.25) is 19.4 Å². The zero-order valence-corrected chi connectivity index (χ0v) is 26.5. The average molecular weight is 647 g/mol. The molecule has 2 N–H and O–H groups in total. The quantitative estimate of drug-likeness (QED) is 0.199. The summed E-state index contributed by atoms with van der Waals surface area (Å²) in [6.45, 7) is 8.39. The van der Waals surface area contributed by atoms with E-state index >= 15 is 0 Å². The van der Waals surface area contributed by atoms with E-state index in [0.717, 1.165) is 24.6 Å². The van der Waals surface area contributed by atoms with Gasteiger partial charge in [0.15, 0.2) is 11.4 Å². The first kappa shape index (κ1) is 31.8. The van der Waals surface area contributed by atoms with Crippen LogP contribution in [0.2, 0.25) is 0 Å². The molecular weight excluding hydrogens is 613 g/mol. The van der Waals surface area contributed by atoms with Gasteiger partial charge in [0.05, 0.1) is 22.6 Å². The molecule has 0 aliphatic heterocycles. The summed E-state index contributed by atoms with van der Waals surface area (Å²) in [5, 5.41) is 10.3. The van der Waals surface area contributed by atoms with Crippen LogP contribution in [0.3, 0.4) is 0 Å². The predicted molar refractivity (Wildman–Crippen MR) is 168 cm³/mol. The second-order valence-corrected chi connectivity index (χ2v) is 12.6. The molecule has 6 rings (SSSR count). The number of halogens is 3. The Morgan fingerprint density at radius 3 is 2.49 bits per heavy atom. The number of aryl methyl sites for hydroxylation is 3. The molecule has 0 bridgehead atoms. The molecule has 244 valence electrons. The number of carbonyl (C=O) groups is 3. The first-order chi connectivity index (χ1) is 22.1. The Morgan fingerprint density at radius 2 is 1.81 bits per heavy atom. The summed E-state index contributed by atoms with van der Waals surface area (Å²) >= 11 is 0. The number of nitrogens with zero attached hydrogens (tertiary/aromatic N) is 6. The van der Waals surface area contributed by atoms with E-state index in [9.17, 15) is 27.6 Å². The number of alkyl halides is 3. The van der Waals surface area contributed by atoms with Crippen LogP contribution < -0.4 is 10.6 Å². The zero-order valence-electron chi connectivity index (χ0n) is 26.5. The number of rotatable bonds is 9. The van der Waals surface area contributed by atoms with Gasteiger partial charge in [0.1, 0.15) is 24.1 Å². The highest BCUT2D eigenvalue weighted by Crippen LogP contribution is 2.49. The van der Waals surface area contributed by atoms with Crippen molar-refractivity contribution < 1.29 is 27.6 Å². The predicted octanol–water partition coefficient (Wildman–Crippen LogP) is 5.60. The fraction of sp³-hybridized carbons (Fsp3) is 0.364. The monoisotopic (exact) mass is 646 g/mol. The normalized spacial score (nSPS) is 14.7. The number of anilines is 1. The SMILES string of the molecule is CC(=O)c1cn(CC(=O)N[C@@H](CC2(C)CC2)C(=O)Nc2nc(C(F)(F)F)ccc2C)c2c(C)nc(-c3cnc4cc(C)nn4c3)cc12. The van der Waals surface area contributed by atoms with Crippen molar-refractivity contribution in [1.82, 2.24) is 34.4 Å². The minimum Gasteiger partial charge on any atom is -0.343 e. The highest BCUT2D eigenvalue weighted by Gasteiger charge is 2.42. The minimum atomic E-state index is -4.68. The van der Waals surface area contributed by atoms with Gasteiger partial charge in [0, 0.05) is 41.2 Å². The van der Waals surface area contributed by atoms with Crippen molar-refractivity contribution in [2.75, 3.05) is 5.32 Å². The third-order valence-corrected chi connectivity index (χ3v) is 8.54. The first-order valence-corrected chi connectivity index (χ1v) is 15.1. The number of hydrogen-bond acceptors (Lipinski definition) is 7. The number of ketones is 1. The standard InChI is InChI=1S/C33H33F3N8O3/c1-17-6-7-26(33(34,35)36)40-30(17)41-31(47)25(12-32(5)8-9-32)39-28(46)16-43-15-23(20(4)45)22-11-24(38-19(3)29(22)43)21-13-37-27-10-18(2)42-44(27)14-21/h6-7,10-11,13-15,25H,8-9,12,16H2,1-5H3,(H,39,46)(H,40,41,47)/t25-/m0/s1. The molecule has 0 saturated heterocycles. The third-order valence-electron chi connectivity index (χ3n) is 8.54. The van der Waals surface area contributed by atoms with Crippen LogP contribution in [0.15, 0.2) is 42.9 Å². The van der Waals surface area contributed by atoms with Gasteiger partial charge in [-0.1, -0.05) is 13.0 Å². The molecule has 14 heteroatoms. The molecule has 5 aromatic heterocycles. The molecule has 5 aromatic rings. The smallest absolute Gasteiger partial charge is 0.343 e. The van der Waals surface area contributed by atoms with Crippen LogP contribution in [0.1, 0.15) is 66.1 Å². The van der Waals surface area contributed by atoms with Crippen molar-refractivity contribution in [1.29, 1.82) is 0 Å². The minimum absolute atomic E-state index is 0.183. The van der Waals surface area contributed by atoms with Gasteiger partial charge in [-0.2, -0.15) is 18.3 Å². The summed E-state index contributed by atoms with van der Waals surface area (Å²) in [5.41, 5.74) is 3.36. The Labute approximate surface area is 267 Å². The maximum atomic E-state index is 13.5. The maximum Gasteiger partial charge on any atom is 0.433 e. The molecule has 1 aliphatic rings. The van der Waals surface area contributed by atoms with E-state index in [-0.39, 0.29) is 23.6 Å². The van der Waals surface area contributed by atoms with Gasteiger partial charge < -0.3 is 15.2 Å². The zero-order chi connectivity index (χ0) is 33.8. The second kappa shape index (κ2) is 11.6. The second-order valence-electron chi connectivity index (χ2n) is 12.6. The van der Waals surface area contributed by atoms with Crippen molar-refractivity contribution in [3.8, 4) is 11.3 Å². The lowest BCUT2D eigenvalue weighted by atomic mass is 9.98. The van der Waals surface area contributed by atoms with Crippen LogP contribution >= 0.6 is 0 Å². The molecule has 1 aliphatic carbocycles. The fourth-order valence-corrected chi connectivity index (χ4v) is 5.74. The van der Waals surface area contributed by atoms with Crippen LogP contribution in [-0.2, 0) is 22.3 Å². The Kier molecular flexibility index (Phi) is 7.84. The average Bonchev–Trinajstić information content (AvgIpc) is 3.41. The van der Waals surface area contributed by atoms with Gasteiger partial charge in [0.2, 0.25) is 11.8 Å². The Morgan fingerprint density at radius 1 is 1.06 bits per heavy atom. The van der Waals surface area contributed by atoms with Crippen molar-refractivity contribution in [2.24, 2.45) is 5.41 Å². The highest BCUT2D eigenvalue weighted by molar-refractivity contribution is 6.08. The van der Waals surface area contributed by atoms with E-state index in [1.807, 2.05) is 26.1 Å². The lowest BCUT2D eigenvalue weighted by Crippen LogP contribution is -2.46. The summed E-state index contributed by atoms with van der Waals surface area (Å²) in [6, 6.07) is 4.69. The van der Waals surface area contributed by atoms with E-state index < -0.39 is 29.7 Å². The Hall–Kier alpha value is -5.14. The van der Waals surface area contributed by atoms with Crippen LogP contribution in [0.4, 0.5) is 19.0 Å². The molecule has 0 radical (unpaired) electrons. The molecule has 11 nitrogen and oxygen atoms in total. The number of carbonyl (C=O) groups excluding carboxylic acids is 3. The van der Waals surface area contributed by atoms with Crippen molar-refractivity contribution in [2.45, 2.75) is 72.6 Å². The summed E-state index contributed by atoms with van der Waals surface area (Å²) in [7, 11) is 0. The molecule has 0 aromatic carbocycles. The van der Waals surface area contributed by atoms with Gasteiger partial charge in [-0.25, -0.2) is 14.5 Å². The van der Waals surface area contributed by atoms with Crippen LogP contribution in [0.25, 0.3) is 27.8 Å². The molecular formula is C33H33F3N8O3. The number of Topliss-reactive ketones (excluding diaryl/α,β-unsaturated/α-hetero) is 1. The molecule has 47 heavy (non-hydrogen) atoms. The topological polar surface area (TPSA) is 136 Å². The Bertz CT molecular complexity index is 2080. The van der Waals surface area contributed by atoms with Gasteiger partial charge in [-0.05, 0) is 70.1 Å². The van der Waals surface area contributed by atoms with Gasteiger partial charge in [0.25, 0.3) is 0 Å². The molecule has 1 fully saturated rings. The number of fused-ring (bicyclic) bond motifs is 2. The van der Waals surface area contributed by atoms with E-state index in [4.69, 9.17) is 4.98 Å². The van der Waals surface area contributed by atoms with E-state index in [0.29, 0.717) is 51.0 Å². The highest BCUT2D eigenvalue weighted by atomic mass is 19.4. The molecule has 0 unspecified atom stereocenters. The van der Waals surface area contributed by atoms with Crippen LogP contribution in [-0.4, -0.2) is 52.8 Å². The summed E-state index contributed by atoms with van der Waals surface area (Å²) < 4.78 is 43.2. The fourth-order valence-electron chi connectivity index (χ4n) is 5.74. The van der Waals surface area contributed by atoms with E-state index in [1.165, 1.54) is 19.9 Å². The third kappa shape index (κ3) is 6.58. The molecule has 1 saturated carbocycles. The molecule has 1 atom stereocenters.